The van der Waals surface area contributed by atoms with Crippen molar-refractivity contribution in [1.29, 1.82) is 0 Å². The zero-order valence-electron chi connectivity index (χ0n) is 14.2. The lowest BCUT2D eigenvalue weighted by Gasteiger charge is -2.37. The Kier molecular flexibility index (Phi) is 6.72. The van der Waals surface area contributed by atoms with Crippen LogP contribution in [0.2, 0.25) is 0 Å². The van der Waals surface area contributed by atoms with Gasteiger partial charge in [0.05, 0.1) is 5.41 Å². The highest BCUT2D eigenvalue weighted by Crippen LogP contribution is 2.30. The molecule has 0 amide bonds. The van der Waals surface area contributed by atoms with Crippen LogP contribution in [0, 0.1) is 17.3 Å². The van der Waals surface area contributed by atoms with Gasteiger partial charge in [-0.05, 0) is 39.0 Å². The topological polar surface area (TPSA) is 52.6 Å². The van der Waals surface area contributed by atoms with Gasteiger partial charge in [-0.15, -0.1) is 0 Å². The normalized spacial score (nSPS) is 12.7. The van der Waals surface area contributed by atoms with E-state index in [1.54, 1.807) is 13.8 Å². The van der Waals surface area contributed by atoms with Gasteiger partial charge in [0.25, 0.3) is 0 Å². The summed E-state index contributed by atoms with van der Waals surface area (Å²) in [7, 11) is 0. The first-order chi connectivity index (χ1) is 8.97. The van der Waals surface area contributed by atoms with E-state index >= 15 is 0 Å². The summed E-state index contributed by atoms with van der Waals surface area (Å²) in [5, 5.41) is 0. The standard InChI is InChI=1S/C16H30O4/c1-9-15(6,7)14(18)19-10-13(17)20-16(8,11(2)3)12(4)5/h11-12H,9-10H2,1-8H3. The summed E-state index contributed by atoms with van der Waals surface area (Å²) >= 11 is 0. The van der Waals surface area contributed by atoms with E-state index in [1.807, 2.05) is 41.5 Å². The van der Waals surface area contributed by atoms with Crippen LogP contribution in [0.15, 0.2) is 0 Å². The van der Waals surface area contributed by atoms with E-state index in [9.17, 15) is 9.59 Å². The molecule has 0 saturated heterocycles. The van der Waals surface area contributed by atoms with Crippen molar-refractivity contribution in [3.8, 4) is 0 Å². The van der Waals surface area contributed by atoms with Gasteiger partial charge in [-0.1, -0.05) is 34.6 Å². The maximum absolute atomic E-state index is 11.9. The van der Waals surface area contributed by atoms with E-state index in [1.165, 1.54) is 0 Å². The van der Waals surface area contributed by atoms with Crippen molar-refractivity contribution in [1.82, 2.24) is 0 Å². The highest BCUT2D eigenvalue weighted by molar-refractivity contribution is 5.79. The third-order valence-electron chi connectivity index (χ3n) is 4.38. The number of hydrogen-bond acceptors (Lipinski definition) is 4. The third kappa shape index (κ3) is 4.80. The Bertz CT molecular complexity index is 334. The molecule has 0 aromatic carbocycles. The minimum absolute atomic E-state index is 0.189. The molecule has 0 aromatic rings. The monoisotopic (exact) mass is 286 g/mol. The molecule has 0 saturated carbocycles. The zero-order chi connectivity index (χ0) is 16.1. The fourth-order valence-electron chi connectivity index (χ4n) is 1.64. The van der Waals surface area contributed by atoms with E-state index in [0.717, 1.165) is 0 Å². The van der Waals surface area contributed by atoms with Crippen molar-refractivity contribution in [2.24, 2.45) is 17.3 Å². The number of hydrogen-bond donors (Lipinski definition) is 0. The summed E-state index contributed by atoms with van der Waals surface area (Å²) in [5.41, 5.74) is -1.12. The fraction of sp³-hybridized carbons (Fsp3) is 0.875. The van der Waals surface area contributed by atoms with Gasteiger partial charge in [0.1, 0.15) is 5.60 Å². The van der Waals surface area contributed by atoms with Crippen molar-refractivity contribution in [3.63, 3.8) is 0 Å². The average molecular weight is 286 g/mol. The first-order valence-electron chi connectivity index (χ1n) is 7.36. The summed E-state index contributed by atoms with van der Waals surface area (Å²) in [4.78, 5) is 23.7. The molecule has 4 nitrogen and oxygen atoms in total. The van der Waals surface area contributed by atoms with Crippen LogP contribution in [-0.2, 0) is 19.1 Å². The molecule has 0 bridgehead atoms. The molecule has 0 atom stereocenters. The summed E-state index contributed by atoms with van der Waals surface area (Å²) in [6, 6.07) is 0. The smallest absolute Gasteiger partial charge is 0.344 e. The molecule has 0 radical (unpaired) electrons. The number of esters is 2. The highest BCUT2D eigenvalue weighted by Gasteiger charge is 2.36. The van der Waals surface area contributed by atoms with Gasteiger partial charge in [-0.2, -0.15) is 0 Å². The fourth-order valence-corrected chi connectivity index (χ4v) is 1.64. The highest BCUT2D eigenvalue weighted by atomic mass is 16.6. The van der Waals surface area contributed by atoms with Crippen molar-refractivity contribution in [2.75, 3.05) is 6.61 Å². The molecule has 0 aromatic heterocycles. The second-order valence-electron chi connectivity index (χ2n) is 6.78. The van der Waals surface area contributed by atoms with Gasteiger partial charge in [0.2, 0.25) is 0 Å². The van der Waals surface area contributed by atoms with Crippen molar-refractivity contribution in [3.05, 3.63) is 0 Å². The lowest BCUT2D eigenvalue weighted by Crippen LogP contribution is -2.43. The molecule has 118 valence electrons. The molecule has 0 N–H and O–H groups in total. The van der Waals surface area contributed by atoms with Crippen LogP contribution in [0.3, 0.4) is 0 Å². The zero-order valence-corrected chi connectivity index (χ0v) is 14.2. The van der Waals surface area contributed by atoms with Crippen LogP contribution in [0.5, 0.6) is 0 Å². The SMILES string of the molecule is CCC(C)(C)C(=O)OCC(=O)OC(C)(C(C)C)C(C)C. The van der Waals surface area contributed by atoms with Gasteiger partial charge in [-0.3, -0.25) is 4.79 Å². The van der Waals surface area contributed by atoms with E-state index in [4.69, 9.17) is 9.47 Å². The summed E-state index contributed by atoms with van der Waals surface area (Å²) in [5.74, 6) is -0.480. The van der Waals surface area contributed by atoms with Crippen LogP contribution in [0.4, 0.5) is 0 Å². The molecule has 0 heterocycles. The lowest BCUT2D eigenvalue weighted by atomic mass is 9.82. The molecule has 0 aliphatic carbocycles. The van der Waals surface area contributed by atoms with Crippen LogP contribution < -0.4 is 0 Å². The van der Waals surface area contributed by atoms with Crippen LogP contribution >= 0.6 is 0 Å². The quantitative estimate of drug-likeness (QED) is 0.671. The molecule has 0 aliphatic rings. The Labute approximate surface area is 123 Å². The third-order valence-corrected chi connectivity index (χ3v) is 4.38. The average Bonchev–Trinajstić information content (AvgIpc) is 2.34. The minimum atomic E-state index is -0.570. The minimum Gasteiger partial charge on any atom is -0.456 e. The molecular formula is C16H30O4. The number of carbonyl (C=O) groups is 2. The first-order valence-corrected chi connectivity index (χ1v) is 7.36. The predicted molar refractivity (Wildman–Crippen MR) is 79.2 cm³/mol. The van der Waals surface area contributed by atoms with Gasteiger partial charge in [-0.25, -0.2) is 4.79 Å². The van der Waals surface area contributed by atoms with Gasteiger partial charge in [0, 0.05) is 0 Å². The summed E-state index contributed by atoms with van der Waals surface area (Å²) in [6.07, 6.45) is 0.663. The Balaban J connectivity index is 4.55. The van der Waals surface area contributed by atoms with Crippen molar-refractivity contribution < 1.29 is 19.1 Å². The Morgan fingerprint density at radius 1 is 1.00 bits per heavy atom. The second kappa shape index (κ2) is 7.09. The maximum atomic E-state index is 11.9. The van der Waals surface area contributed by atoms with Crippen molar-refractivity contribution >= 4 is 11.9 Å². The Morgan fingerprint density at radius 2 is 1.45 bits per heavy atom. The van der Waals surface area contributed by atoms with E-state index in [2.05, 4.69) is 0 Å². The maximum Gasteiger partial charge on any atom is 0.344 e. The van der Waals surface area contributed by atoms with E-state index in [0.29, 0.717) is 6.42 Å². The van der Waals surface area contributed by atoms with E-state index < -0.39 is 17.0 Å². The van der Waals surface area contributed by atoms with Crippen LogP contribution in [0.25, 0.3) is 0 Å². The molecule has 0 unspecified atom stereocenters. The largest absolute Gasteiger partial charge is 0.456 e. The van der Waals surface area contributed by atoms with Crippen molar-refractivity contribution in [2.45, 2.75) is 67.4 Å². The first kappa shape index (κ1) is 18.9. The van der Waals surface area contributed by atoms with Crippen LogP contribution in [0.1, 0.15) is 61.8 Å². The van der Waals surface area contributed by atoms with Gasteiger partial charge < -0.3 is 9.47 Å². The molecular weight excluding hydrogens is 256 g/mol. The van der Waals surface area contributed by atoms with Crippen LogP contribution in [-0.4, -0.2) is 24.1 Å². The number of carbonyl (C=O) groups excluding carboxylic acids is 2. The number of ether oxygens (including phenoxy) is 2. The van der Waals surface area contributed by atoms with E-state index in [-0.39, 0.29) is 24.4 Å². The second-order valence-corrected chi connectivity index (χ2v) is 6.78. The predicted octanol–water partition coefficient (Wildman–Crippen LogP) is 3.58. The number of rotatable bonds is 7. The summed E-state index contributed by atoms with van der Waals surface area (Å²) in [6.45, 7) is 15.2. The Hall–Kier alpha value is -1.06. The van der Waals surface area contributed by atoms with Gasteiger partial charge in [0.15, 0.2) is 6.61 Å². The molecule has 0 aliphatic heterocycles. The van der Waals surface area contributed by atoms with Gasteiger partial charge >= 0.3 is 11.9 Å². The molecule has 0 fully saturated rings. The molecule has 20 heavy (non-hydrogen) atoms. The molecule has 0 rings (SSSR count). The molecule has 4 heteroatoms. The lowest BCUT2D eigenvalue weighted by molar-refractivity contribution is -0.179. The molecule has 0 spiro atoms. The Morgan fingerprint density at radius 3 is 1.80 bits per heavy atom. The summed E-state index contributed by atoms with van der Waals surface area (Å²) < 4.78 is 10.6.